The van der Waals surface area contributed by atoms with Crippen molar-refractivity contribution in [1.29, 1.82) is 0 Å². The summed E-state index contributed by atoms with van der Waals surface area (Å²) in [5.41, 5.74) is 5.65. The van der Waals surface area contributed by atoms with Crippen LogP contribution in [0, 0.1) is 6.92 Å². The van der Waals surface area contributed by atoms with Crippen LogP contribution in [0.1, 0.15) is 44.4 Å². The molecule has 0 aliphatic carbocycles. The topological polar surface area (TPSA) is 40.6 Å². The SMILES string of the molecule is CCN1C(=O)S/C(=C\c2cc3c(cc2C)N(C)C(C)(C)C=C3C)C1=O. The van der Waals surface area contributed by atoms with E-state index in [9.17, 15) is 9.59 Å². The third-order valence-electron chi connectivity index (χ3n) is 5.08. The number of hydrogen-bond donors (Lipinski definition) is 0. The maximum Gasteiger partial charge on any atom is 0.293 e. The summed E-state index contributed by atoms with van der Waals surface area (Å²) in [5, 5.41) is -0.188. The average Bonchev–Trinajstić information content (AvgIpc) is 2.79. The zero-order chi connectivity index (χ0) is 18.5. The molecule has 5 heteroatoms. The van der Waals surface area contributed by atoms with Gasteiger partial charge in [-0.1, -0.05) is 6.08 Å². The van der Waals surface area contributed by atoms with Crippen LogP contribution in [-0.4, -0.2) is 35.2 Å². The Balaban J connectivity index is 2.07. The van der Waals surface area contributed by atoms with Crippen molar-refractivity contribution in [3.8, 4) is 0 Å². The van der Waals surface area contributed by atoms with Crippen LogP contribution in [0.15, 0.2) is 23.1 Å². The highest BCUT2D eigenvalue weighted by atomic mass is 32.2. The lowest BCUT2D eigenvalue weighted by atomic mass is 9.87. The summed E-state index contributed by atoms with van der Waals surface area (Å²) in [6.07, 6.45) is 4.11. The normalized spacial score (nSPS) is 21.0. The van der Waals surface area contributed by atoms with Gasteiger partial charge in [0.25, 0.3) is 11.1 Å². The second-order valence-electron chi connectivity index (χ2n) is 7.19. The maximum atomic E-state index is 12.3. The quantitative estimate of drug-likeness (QED) is 0.721. The molecule has 2 amide bonds. The number of carbonyl (C=O) groups is 2. The van der Waals surface area contributed by atoms with E-state index in [-0.39, 0.29) is 16.7 Å². The maximum absolute atomic E-state index is 12.3. The minimum atomic E-state index is -0.194. The number of nitrogens with zero attached hydrogens (tertiary/aromatic N) is 2. The third-order valence-corrected chi connectivity index (χ3v) is 5.99. The fraction of sp³-hybridized carbons (Fsp3) is 0.400. The van der Waals surface area contributed by atoms with E-state index in [4.69, 9.17) is 0 Å². The van der Waals surface area contributed by atoms with Crippen molar-refractivity contribution < 1.29 is 9.59 Å². The number of hydrogen-bond acceptors (Lipinski definition) is 4. The highest BCUT2D eigenvalue weighted by Gasteiger charge is 2.34. The molecule has 0 saturated carbocycles. The van der Waals surface area contributed by atoms with Gasteiger partial charge in [0.05, 0.1) is 10.4 Å². The zero-order valence-corrected chi connectivity index (χ0v) is 16.5. The number of anilines is 1. The zero-order valence-electron chi connectivity index (χ0n) is 15.6. The lowest BCUT2D eigenvalue weighted by Gasteiger charge is -2.41. The summed E-state index contributed by atoms with van der Waals surface area (Å²) < 4.78 is 0. The Kier molecular flexibility index (Phi) is 4.31. The molecule has 25 heavy (non-hydrogen) atoms. The Hall–Kier alpha value is -2.01. The Labute approximate surface area is 153 Å². The van der Waals surface area contributed by atoms with Crippen LogP contribution in [0.4, 0.5) is 10.5 Å². The molecule has 0 unspecified atom stereocenters. The molecule has 0 N–H and O–H groups in total. The lowest BCUT2D eigenvalue weighted by molar-refractivity contribution is -0.122. The van der Waals surface area contributed by atoms with Crippen molar-refractivity contribution in [2.24, 2.45) is 0 Å². The molecule has 4 nitrogen and oxygen atoms in total. The van der Waals surface area contributed by atoms with Gasteiger partial charge in [-0.25, -0.2) is 0 Å². The number of aryl methyl sites for hydroxylation is 1. The summed E-state index contributed by atoms with van der Waals surface area (Å²) >= 11 is 1.02. The van der Waals surface area contributed by atoms with Gasteiger partial charge < -0.3 is 4.90 Å². The summed E-state index contributed by atoms with van der Waals surface area (Å²) in [5.74, 6) is -0.194. The number of thioether (sulfide) groups is 1. The molecule has 132 valence electrons. The molecule has 3 rings (SSSR count). The van der Waals surface area contributed by atoms with Gasteiger partial charge in [-0.05, 0) is 81.3 Å². The number of carbonyl (C=O) groups excluding carboxylic acids is 2. The first-order valence-corrected chi connectivity index (χ1v) is 9.31. The minimum absolute atomic E-state index is 0.0329. The van der Waals surface area contributed by atoms with Crippen molar-refractivity contribution in [3.05, 3.63) is 39.8 Å². The fourth-order valence-electron chi connectivity index (χ4n) is 3.39. The molecule has 2 heterocycles. The van der Waals surface area contributed by atoms with Crippen LogP contribution in [0.5, 0.6) is 0 Å². The molecule has 0 radical (unpaired) electrons. The number of rotatable bonds is 2. The fourth-order valence-corrected chi connectivity index (χ4v) is 4.28. The van der Waals surface area contributed by atoms with Crippen LogP contribution < -0.4 is 4.90 Å². The monoisotopic (exact) mass is 356 g/mol. The van der Waals surface area contributed by atoms with Gasteiger partial charge in [-0.2, -0.15) is 0 Å². The average molecular weight is 356 g/mol. The molecule has 0 aromatic heterocycles. The van der Waals surface area contributed by atoms with Crippen molar-refractivity contribution >= 4 is 40.2 Å². The number of amides is 2. The molecule has 0 bridgehead atoms. The molecular formula is C20H24N2O2S. The molecule has 1 saturated heterocycles. The number of benzene rings is 1. The Bertz CT molecular complexity index is 836. The first kappa shape index (κ1) is 17.8. The van der Waals surface area contributed by atoms with Crippen LogP contribution in [-0.2, 0) is 4.79 Å². The van der Waals surface area contributed by atoms with Crippen LogP contribution in [0.25, 0.3) is 11.6 Å². The van der Waals surface area contributed by atoms with Crippen LogP contribution >= 0.6 is 11.8 Å². The minimum Gasteiger partial charge on any atom is -0.365 e. The molecular weight excluding hydrogens is 332 g/mol. The standard InChI is InChI=1S/C20H24N2O2S/c1-7-22-18(23)17(25-19(22)24)10-14-9-15-13(3)11-20(4,5)21(6)16(15)8-12(14)2/h8-11H,7H2,1-6H3/b17-10-. The van der Waals surface area contributed by atoms with E-state index in [2.05, 4.69) is 50.9 Å². The van der Waals surface area contributed by atoms with E-state index in [1.807, 2.05) is 19.9 Å². The largest absolute Gasteiger partial charge is 0.365 e. The van der Waals surface area contributed by atoms with Gasteiger partial charge in [0, 0.05) is 24.8 Å². The highest BCUT2D eigenvalue weighted by Crippen LogP contribution is 2.40. The molecule has 0 spiro atoms. The van der Waals surface area contributed by atoms with Crippen LogP contribution in [0.2, 0.25) is 0 Å². The van der Waals surface area contributed by atoms with E-state index in [0.29, 0.717) is 11.4 Å². The van der Waals surface area contributed by atoms with Gasteiger partial charge in [0.1, 0.15) is 0 Å². The number of fused-ring (bicyclic) bond motifs is 1. The number of likely N-dealkylation sites (N-methyl/N-ethyl adjacent to an activating group) is 2. The highest BCUT2D eigenvalue weighted by molar-refractivity contribution is 8.18. The van der Waals surface area contributed by atoms with E-state index in [1.54, 1.807) is 0 Å². The van der Waals surface area contributed by atoms with Crippen LogP contribution in [0.3, 0.4) is 0 Å². The van der Waals surface area contributed by atoms with Crippen molar-refractivity contribution in [2.45, 2.75) is 40.2 Å². The van der Waals surface area contributed by atoms with E-state index >= 15 is 0 Å². The predicted octanol–water partition coefficient (Wildman–Crippen LogP) is 4.68. The lowest BCUT2D eigenvalue weighted by Crippen LogP contribution is -2.42. The molecule has 1 fully saturated rings. The second kappa shape index (κ2) is 6.06. The summed E-state index contributed by atoms with van der Waals surface area (Å²) in [6.45, 7) is 10.8. The summed E-state index contributed by atoms with van der Waals surface area (Å²) in [7, 11) is 2.10. The first-order valence-electron chi connectivity index (χ1n) is 8.49. The Morgan fingerprint density at radius 3 is 2.48 bits per heavy atom. The molecule has 2 aliphatic rings. The Morgan fingerprint density at radius 2 is 1.88 bits per heavy atom. The third kappa shape index (κ3) is 2.91. The van der Waals surface area contributed by atoms with Gasteiger partial charge in [0.15, 0.2) is 0 Å². The second-order valence-corrected chi connectivity index (χ2v) is 8.19. The molecule has 2 aliphatic heterocycles. The van der Waals surface area contributed by atoms with E-state index in [0.717, 1.165) is 22.9 Å². The van der Waals surface area contributed by atoms with Crippen molar-refractivity contribution in [2.75, 3.05) is 18.5 Å². The van der Waals surface area contributed by atoms with Gasteiger partial charge in [-0.15, -0.1) is 0 Å². The summed E-state index contributed by atoms with van der Waals surface area (Å²) in [6, 6.07) is 4.30. The van der Waals surface area contributed by atoms with Crippen molar-refractivity contribution in [3.63, 3.8) is 0 Å². The predicted molar refractivity (Wildman–Crippen MR) is 106 cm³/mol. The van der Waals surface area contributed by atoms with Gasteiger partial charge in [-0.3, -0.25) is 14.5 Å². The molecule has 1 aromatic rings. The van der Waals surface area contributed by atoms with Gasteiger partial charge in [0.2, 0.25) is 0 Å². The number of allylic oxidation sites excluding steroid dienone is 1. The van der Waals surface area contributed by atoms with Gasteiger partial charge >= 0.3 is 0 Å². The smallest absolute Gasteiger partial charge is 0.293 e. The Morgan fingerprint density at radius 1 is 1.20 bits per heavy atom. The van der Waals surface area contributed by atoms with Crippen molar-refractivity contribution in [1.82, 2.24) is 4.90 Å². The summed E-state index contributed by atoms with van der Waals surface area (Å²) in [4.78, 5) is 28.3. The number of imide groups is 1. The molecule has 0 atom stereocenters. The first-order chi connectivity index (χ1) is 11.7. The van der Waals surface area contributed by atoms with E-state index in [1.165, 1.54) is 21.7 Å². The molecule has 1 aromatic carbocycles. The van der Waals surface area contributed by atoms with E-state index < -0.39 is 0 Å².